The second kappa shape index (κ2) is 4.31. The van der Waals surface area contributed by atoms with E-state index in [1.54, 1.807) is 18.2 Å². The van der Waals surface area contributed by atoms with Crippen LogP contribution in [0.15, 0.2) is 18.2 Å². The van der Waals surface area contributed by atoms with E-state index in [1.807, 2.05) is 0 Å². The minimum Gasteiger partial charge on any atom is -0.489 e. The highest BCUT2D eigenvalue weighted by atomic mass is 35.5. The summed E-state index contributed by atoms with van der Waals surface area (Å²) in [5, 5.41) is 0.573. The van der Waals surface area contributed by atoms with Crippen LogP contribution in [0.3, 0.4) is 0 Å². The Kier molecular flexibility index (Phi) is 2.81. The summed E-state index contributed by atoms with van der Waals surface area (Å²) in [4.78, 5) is 12.0. The summed E-state index contributed by atoms with van der Waals surface area (Å²) in [5.41, 5.74) is 0.604. The molecule has 1 aromatic rings. The first-order chi connectivity index (χ1) is 8.24. The first-order valence-corrected chi connectivity index (χ1v) is 6.19. The van der Waals surface area contributed by atoms with Gasteiger partial charge >= 0.3 is 0 Å². The number of carbonyl (C=O) groups is 1. The van der Waals surface area contributed by atoms with Crippen LogP contribution in [0.4, 0.5) is 0 Å². The zero-order valence-electron chi connectivity index (χ0n) is 9.32. The van der Waals surface area contributed by atoms with E-state index < -0.39 is 0 Å². The molecule has 4 heteroatoms. The van der Waals surface area contributed by atoms with Crippen molar-refractivity contribution in [2.75, 3.05) is 13.2 Å². The molecular formula is C13H13ClO3. The van der Waals surface area contributed by atoms with Crippen molar-refractivity contribution in [3.8, 4) is 5.75 Å². The lowest BCUT2D eigenvalue weighted by molar-refractivity contribution is 0.0693. The van der Waals surface area contributed by atoms with E-state index in [9.17, 15) is 4.79 Å². The van der Waals surface area contributed by atoms with Crippen molar-refractivity contribution in [2.24, 2.45) is 5.92 Å². The maximum absolute atomic E-state index is 12.0. The van der Waals surface area contributed by atoms with E-state index in [2.05, 4.69) is 0 Å². The summed E-state index contributed by atoms with van der Waals surface area (Å²) in [6.07, 6.45) is 1.36. The fourth-order valence-corrected chi connectivity index (χ4v) is 2.60. The van der Waals surface area contributed by atoms with Crippen LogP contribution in [0.5, 0.6) is 5.75 Å². The quantitative estimate of drug-likeness (QED) is 0.771. The minimum absolute atomic E-state index is 0.0429. The lowest BCUT2D eigenvalue weighted by Gasteiger charge is -2.28. The largest absolute Gasteiger partial charge is 0.489 e. The highest BCUT2D eigenvalue weighted by Crippen LogP contribution is 2.34. The molecule has 2 unspecified atom stereocenters. The van der Waals surface area contributed by atoms with E-state index in [-0.39, 0.29) is 11.9 Å². The number of hydrogen-bond donors (Lipinski definition) is 0. The number of hydrogen-bond acceptors (Lipinski definition) is 3. The van der Waals surface area contributed by atoms with Crippen LogP contribution in [-0.4, -0.2) is 25.1 Å². The Labute approximate surface area is 105 Å². The Morgan fingerprint density at radius 1 is 1.35 bits per heavy atom. The third kappa shape index (κ3) is 2.05. The van der Waals surface area contributed by atoms with E-state index in [1.165, 1.54) is 0 Å². The Morgan fingerprint density at radius 3 is 3.00 bits per heavy atom. The van der Waals surface area contributed by atoms with E-state index in [0.717, 1.165) is 13.0 Å². The van der Waals surface area contributed by atoms with Crippen LogP contribution in [0, 0.1) is 5.92 Å². The zero-order chi connectivity index (χ0) is 11.8. The maximum Gasteiger partial charge on any atom is 0.170 e. The van der Waals surface area contributed by atoms with Gasteiger partial charge in [0.1, 0.15) is 11.9 Å². The Bertz CT molecular complexity index is 452. The second-order valence-electron chi connectivity index (χ2n) is 4.55. The molecule has 0 amide bonds. The zero-order valence-corrected chi connectivity index (χ0v) is 10.1. The van der Waals surface area contributed by atoms with Gasteiger partial charge in [-0.15, -0.1) is 0 Å². The molecule has 0 radical (unpaired) electrons. The number of fused-ring (bicyclic) bond motifs is 1. The fourth-order valence-electron chi connectivity index (χ4n) is 2.43. The van der Waals surface area contributed by atoms with Gasteiger partial charge < -0.3 is 9.47 Å². The lowest BCUT2D eigenvalue weighted by atomic mass is 9.92. The SMILES string of the molecule is O=C1CC(C2CCOC2)Oc2ccc(Cl)cc21. The predicted molar refractivity (Wildman–Crippen MR) is 63.7 cm³/mol. The van der Waals surface area contributed by atoms with Crippen LogP contribution in [0.2, 0.25) is 5.02 Å². The Balaban J connectivity index is 1.87. The van der Waals surface area contributed by atoms with E-state index in [4.69, 9.17) is 21.1 Å². The molecule has 2 atom stereocenters. The standard InChI is InChI=1S/C13H13ClO3/c14-9-1-2-12-10(5-9)11(15)6-13(17-12)8-3-4-16-7-8/h1-2,5,8,13H,3-4,6-7H2. The summed E-state index contributed by atoms with van der Waals surface area (Å²) >= 11 is 5.88. The molecule has 0 bridgehead atoms. The molecule has 0 aromatic heterocycles. The summed E-state index contributed by atoms with van der Waals surface area (Å²) in [6, 6.07) is 5.21. The number of ether oxygens (including phenoxy) is 2. The summed E-state index contributed by atoms with van der Waals surface area (Å²) in [5.74, 6) is 1.11. The molecule has 0 spiro atoms. The van der Waals surface area contributed by atoms with Crippen molar-refractivity contribution < 1.29 is 14.3 Å². The Morgan fingerprint density at radius 2 is 2.24 bits per heavy atom. The van der Waals surface area contributed by atoms with Crippen LogP contribution in [0.1, 0.15) is 23.2 Å². The van der Waals surface area contributed by atoms with Gasteiger partial charge in [0.2, 0.25) is 0 Å². The smallest absolute Gasteiger partial charge is 0.170 e. The first-order valence-electron chi connectivity index (χ1n) is 5.81. The molecule has 3 rings (SSSR count). The van der Waals surface area contributed by atoms with Gasteiger partial charge in [0.05, 0.1) is 12.2 Å². The molecule has 17 heavy (non-hydrogen) atoms. The van der Waals surface area contributed by atoms with Crippen LogP contribution in [0.25, 0.3) is 0 Å². The molecule has 1 saturated heterocycles. The summed E-state index contributed by atoms with van der Waals surface area (Å²) in [7, 11) is 0. The van der Waals surface area contributed by atoms with Gasteiger partial charge in [-0.3, -0.25) is 4.79 Å². The second-order valence-corrected chi connectivity index (χ2v) is 4.98. The van der Waals surface area contributed by atoms with Gasteiger partial charge in [0.25, 0.3) is 0 Å². The van der Waals surface area contributed by atoms with E-state index in [0.29, 0.717) is 35.3 Å². The number of carbonyl (C=O) groups excluding carboxylic acids is 1. The number of halogens is 1. The Hall–Kier alpha value is -1.06. The summed E-state index contributed by atoms with van der Waals surface area (Å²) < 4.78 is 11.2. The average molecular weight is 253 g/mol. The molecule has 2 aliphatic heterocycles. The molecule has 1 fully saturated rings. The van der Waals surface area contributed by atoms with Gasteiger partial charge in [-0.1, -0.05) is 11.6 Å². The summed E-state index contributed by atoms with van der Waals surface area (Å²) in [6.45, 7) is 1.47. The number of benzene rings is 1. The number of Topliss-reactive ketones (excluding diaryl/α,β-unsaturated/α-hetero) is 1. The third-order valence-corrected chi connectivity index (χ3v) is 3.63. The van der Waals surface area contributed by atoms with Gasteiger partial charge in [-0.05, 0) is 24.6 Å². The van der Waals surface area contributed by atoms with Crippen molar-refractivity contribution in [3.63, 3.8) is 0 Å². The van der Waals surface area contributed by atoms with Crippen LogP contribution in [-0.2, 0) is 4.74 Å². The highest BCUT2D eigenvalue weighted by molar-refractivity contribution is 6.31. The van der Waals surface area contributed by atoms with Gasteiger partial charge in [-0.2, -0.15) is 0 Å². The third-order valence-electron chi connectivity index (χ3n) is 3.40. The molecule has 2 aliphatic rings. The average Bonchev–Trinajstić information content (AvgIpc) is 2.83. The van der Waals surface area contributed by atoms with Crippen LogP contribution >= 0.6 is 11.6 Å². The molecule has 0 saturated carbocycles. The van der Waals surface area contributed by atoms with Crippen molar-refractivity contribution in [2.45, 2.75) is 18.9 Å². The van der Waals surface area contributed by atoms with Gasteiger partial charge in [0.15, 0.2) is 5.78 Å². The number of rotatable bonds is 1. The highest BCUT2D eigenvalue weighted by Gasteiger charge is 2.34. The first kappa shape index (κ1) is 11.1. The number of ketones is 1. The molecular weight excluding hydrogens is 240 g/mol. The predicted octanol–water partition coefficient (Wildman–Crippen LogP) is 2.71. The molecule has 3 nitrogen and oxygen atoms in total. The van der Waals surface area contributed by atoms with Crippen LogP contribution < -0.4 is 4.74 Å². The van der Waals surface area contributed by atoms with Crippen molar-refractivity contribution in [3.05, 3.63) is 28.8 Å². The lowest BCUT2D eigenvalue weighted by Crippen LogP contribution is -2.34. The molecule has 90 valence electrons. The maximum atomic E-state index is 12.0. The molecule has 0 aliphatic carbocycles. The van der Waals surface area contributed by atoms with Crippen molar-refractivity contribution in [1.82, 2.24) is 0 Å². The van der Waals surface area contributed by atoms with Gasteiger partial charge in [-0.25, -0.2) is 0 Å². The molecule has 2 heterocycles. The molecule has 1 aromatic carbocycles. The monoisotopic (exact) mass is 252 g/mol. The van der Waals surface area contributed by atoms with Crippen molar-refractivity contribution >= 4 is 17.4 Å². The normalized spacial score (nSPS) is 27.7. The topological polar surface area (TPSA) is 35.5 Å². The van der Waals surface area contributed by atoms with Crippen molar-refractivity contribution in [1.29, 1.82) is 0 Å². The minimum atomic E-state index is -0.0429. The molecule has 0 N–H and O–H groups in total. The fraction of sp³-hybridized carbons (Fsp3) is 0.462. The van der Waals surface area contributed by atoms with Gasteiger partial charge in [0, 0.05) is 24.0 Å². The van der Waals surface area contributed by atoms with E-state index >= 15 is 0 Å².